The minimum atomic E-state index is 0.789. The summed E-state index contributed by atoms with van der Waals surface area (Å²) in [5.41, 5.74) is 9.43. The van der Waals surface area contributed by atoms with Crippen molar-refractivity contribution in [1.29, 1.82) is 0 Å². The van der Waals surface area contributed by atoms with E-state index in [1.165, 1.54) is 39.0 Å². The average Bonchev–Trinajstić information content (AvgIpc) is 2.91. The van der Waals surface area contributed by atoms with Crippen molar-refractivity contribution in [3.63, 3.8) is 0 Å². The molecular formula is C33H32N2. The highest BCUT2D eigenvalue weighted by molar-refractivity contribution is 6.06. The monoisotopic (exact) mass is 456 g/mol. The lowest BCUT2D eigenvalue weighted by molar-refractivity contribution is 0.818. The van der Waals surface area contributed by atoms with Gasteiger partial charge in [-0.25, -0.2) is 0 Å². The molecule has 174 valence electrons. The molecule has 3 aromatic carbocycles. The van der Waals surface area contributed by atoms with Crippen LogP contribution in [0.25, 0.3) is 11.1 Å². The van der Waals surface area contributed by atoms with Crippen molar-refractivity contribution in [2.75, 3.05) is 13.6 Å². The van der Waals surface area contributed by atoms with Gasteiger partial charge in [0.2, 0.25) is 0 Å². The van der Waals surface area contributed by atoms with Crippen LogP contribution >= 0.6 is 0 Å². The normalized spacial score (nSPS) is 13.5. The Balaban J connectivity index is 1.73. The molecule has 0 aliphatic heterocycles. The summed E-state index contributed by atoms with van der Waals surface area (Å²) < 4.78 is 0. The first-order valence-corrected chi connectivity index (χ1v) is 12.2. The predicted molar refractivity (Wildman–Crippen MR) is 151 cm³/mol. The SMILES string of the molecule is CCN=C1C=CC(=C(C=CC=C(c2ccccc2)c2ccc(CNC)cc2)c2ccccc2)C=C1. The molecule has 0 heterocycles. The minimum Gasteiger partial charge on any atom is -0.316 e. The Labute approximate surface area is 209 Å². The van der Waals surface area contributed by atoms with Gasteiger partial charge in [0.05, 0.1) is 5.71 Å². The van der Waals surface area contributed by atoms with Gasteiger partial charge in [-0.2, -0.15) is 0 Å². The summed E-state index contributed by atoms with van der Waals surface area (Å²) in [5, 5.41) is 3.22. The summed E-state index contributed by atoms with van der Waals surface area (Å²) in [6.45, 7) is 3.71. The number of benzene rings is 3. The molecule has 4 rings (SSSR count). The third-order valence-electron chi connectivity index (χ3n) is 5.86. The molecule has 1 N–H and O–H groups in total. The van der Waals surface area contributed by atoms with E-state index in [2.05, 4.69) is 145 Å². The van der Waals surface area contributed by atoms with E-state index in [9.17, 15) is 0 Å². The Morgan fingerprint density at radius 3 is 1.94 bits per heavy atom. The van der Waals surface area contributed by atoms with Crippen LogP contribution in [-0.4, -0.2) is 19.3 Å². The summed E-state index contributed by atoms with van der Waals surface area (Å²) in [4.78, 5) is 4.51. The van der Waals surface area contributed by atoms with E-state index in [1.807, 2.05) is 7.05 Å². The minimum absolute atomic E-state index is 0.789. The van der Waals surface area contributed by atoms with Crippen LogP contribution in [0.2, 0.25) is 0 Å². The molecule has 2 nitrogen and oxygen atoms in total. The molecule has 0 bridgehead atoms. The zero-order valence-electron chi connectivity index (χ0n) is 20.5. The van der Waals surface area contributed by atoms with Crippen LogP contribution in [-0.2, 0) is 6.54 Å². The lowest BCUT2D eigenvalue weighted by Crippen LogP contribution is -2.04. The fourth-order valence-electron chi connectivity index (χ4n) is 4.13. The summed E-state index contributed by atoms with van der Waals surface area (Å²) in [7, 11) is 1.97. The molecule has 35 heavy (non-hydrogen) atoms. The number of nitrogens with zero attached hydrogens (tertiary/aromatic N) is 1. The maximum absolute atomic E-state index is 4.51. The molecule has 0 atom stereocenters. The predicted octanol–water partition coefficient (Wildman–Crippen LogP) is 7.43. The molecule has 0 amide bonds. The summed E-state index contributed by atoms with van der Waals surface area (Å²) in [5.74, 6) is 0. The highest BCUT2D eigenvalue weighted by atomic mass is 14.8. The van der Waals surface area contributed by atoms with E-state index in [4.69, 9.17) is 0 Å². The molecule has 0 spiro atoms. The smallest absolute Gasteiger partial charge is 0.0574 e. The third-order valence-corrected chi connectivity index (χ3v) is 5.86. The van der Waals surface area contributed by atoms with Crippen molar-refractivity contribution in [2.45, 2.75) is 13.5 Å². The van der Waals surface area contributed by atoms with Crippen molar-refractivity contribution in [3.8, 4) is 0 Å². The Morgan fingerprint density at radius 1 is 0.743 bits per heavy atom. The van der Waals surface area contributed by atoms with Crippen LogP contribution in [0.5, 0.6) is 0 Å². The molecule has 0 saturated heterocycles. The van der Waals surface area contributed by atoms with Crippen LogP contribution in [0.1, 0.15) is 29.2 Å². The van der Waals surface area contributed by atoms with Gasteiger partial charge in [-0.15, -0.1) is 0 Å². The Morgan fingerprint density at radius 2 is 1.34 bits per heavy atom. The maximum Gasteiger partial charge on any atom is 0.0574 e. The van der Waals surface area contributed by atoms with E-state index in [0.29, 0.717) is 0 Å². The molecule has 2 heteroatoms. The van der Waals surface area contributed by atoms with Crippen molar-refractivity contribution >= 4 is 16.9 Å². The third kappa shape index (κ3) is 6.53. The molecule has 3 aromatic rings. The lowest BCUT2D eigenvalue weighted by atomic mass is 9.94. The second kappa shape index (κ2) is 12.5. The van der Waals surface area contributed by atoms with Gasteiger partial charge in [0.1, 0.15) is 0 Å². The molecule has 1 aliphatic rings. The Bertz CT molecular complexity index is 1270. The number of nitrogens with one attached hydrogen (secondary N) is 1. The van der Waals surface area contributed by atoms with Crippen LogP contribution in [0.4, 0.5) is 0 Å². The van der Waals surface area contributed by atoms with Gasteiger partial charge < -0.3 is 5.32 Å². The van der Waals surface area contributed by atoms with Crippen LogP contribution in [0, 0.1) is 0 Å². The standard InChI is InChI=1S/C33H32N2/c1-3-35-31-23-21-30(22-24-31)33(28-13-8-5-9-14-28)16-10-15-32(27-11-6-4-7-12-27)29-19-17-26(18-20-29)25-34-2/h4-24,34H,3,25H2,1-2H3. The molecule has 0 radical (unpaired) electrons. The molecule has 0 fully saturated rings. The van der Waals surface area contributed by atoms with Crippen LogP contribution in [0.3, 0.4) is 0 Å². The van der Waals surface area contributed by atoms with E-state index in [0.717, 1.165) is 18.8 Å². The fourth-order valence-corrected chi connectivity index (χ4v) is 4.13. The van der Waals surface area contributed by atoms with E-state index >= 15 is 0 Å². The number of aliphatic imine (C=N–C) groups is 1. The van der Waals surface area contributed by atoms with Gasteiger partial charge in [0.25, 0.3) is 0 Å². The Kier molecular flexibility index (Phi) is 8.58. The van der Waals surface area contributed by atoms with Crippen LogP contribution in [0.15, 0.2) is 138 Å². The summed E-state index contributed by atoms with van der Waals surface area (Å²) in [6, 6.07) is 29.9. The van der Waals surface area contributed by atoms with E-state index in [-0.39, 0.29) is 0 Å². The first-order valence-electron chi connectivity index (χ1n) is 12.2. The van der Waals surface area contributed by atoms with Gasteiger partial charge in [-0.1, -0.05) is 115 Å². The van der Waals surface area contributed by atoms with Crippen molar-refractivity contribution < 1.29 is 0 Å². The highest BCUT2D eigenvalue weighted by Crippen LogP contribution is 2.27. The summed E-state index contributed by atoms with van der Waals surface area (Å²) >= 11 is 0. The fraction of sp³-hybridized carbons (Fsp3) is 0.121. The average molecular weight is 457 g/mol. The van der Waals surface area contributed by atoms with Gasteiger partial charge in [0.15, 0.2) is 0 Å². The van der Waals surface area contributed by atoms with Crippen molar-refractivity contribution in [1.82, 2.24) is 5.32 Å². The number of rotatable bonds is 8. The number of hydrogen-bond acceptors (Lipinski definition) is 2. The van der Waals surface area contributed by atoms with E-state index in [1.54, 1.807) is 0 Å². The first kappa shape index (κ1) is 24.1. The molecule has 0 unspecified atom stereocenters. The molecular weight excluding hydrogens is 424 g/mol. The zero-order chi connectivity index (χ0) is 24.3. The van der Waals surface area contributed by atoms with Crippen LogP contribution < -0.4 is 5.32 Å². The first-order chi connectivity index (χ1) is 17.3. The van der Waals surface area contributed by atoms with E-state index < -0.39 is 0 Å². The number of allylic oxidation sites excluding steroid dienone is 9. The maximum atomic E-state index is 4.51. The second-order valence-corrected chi connectivity index (χ2v) is 8.33. The Hall–Kier alpha value is -4.01. The highest BCUT2D eigenvalue weighted by Gasteiger charge is 2.07. The largest absolute Gasteiger partial charge is 0.316 e. The van der Waals surface area contributed by atoms with Gasteiger partial charge in [-0.05, 0) is 65.1 Å². The molecule has 0 aromatic heterocycles. The van der Waals surface area contributed by atoms with Gasteiger partial charge in [0, 0.05) is 13.1 Å². The number of hydrogen-bond donors (Lipinski definition) is 1. The zero-order valence-corrected chi connectivity index (χ0v) is 20.5. The molecule has 0 saturated carbocycles. The van der Waals surface area contributed by atoms with Gasteiger partial charge >= 0.3 is 0 Å². The van der Waals surface area contributed by atoms with Crippen molar-refractivity contribution in [2.24, 2.45) is 4.99 Å². The molecule has 1 aliphatic carbocycles. The lowest BCUT2D eigenvalue weighted by Gasteiger charge is -2.11. The topological polar surface area (TPSA) is 24.4 Å². The quantitative estimate of drug-likeness (QED) is 0.350. The second-order valence-electron chi connectivity index (χ2n) is 8.33. The van der Waals surface area contributed by atoms with Crippen molar-refractivity contribution in [3.05, 3.63) is 155 Å². The summed E-state index contributed by atoms with van der Waals surface area (Å²) in [6.07, 6.45) is 15.1. The van der Waals surface area contributed by atoms with Gasteiger partial charge in [-0.3, -0.25) is 4.99 Å².